The van der Waals surface area contributed by atoms with Gasteiger partial charge in [0.15, 0.2) is 11.0 Å². The van der Waals surface area contributed by atoms with E-state index in [0.717, 1.165) is 11.3 Å². The molecule has 2 aromatic rings. The number of aliphatic hydroxyl groups excluding tert-OH is 1. The van der Waals surface area contributed by atoms with Crippen molar-refractivity contribution in [3.63, 3.8) is 0 Å². The van der Waals surface area contributed by atoms with Gasteiger partial charge in [0.2, 0.25) is 5.91 Å². The van der Waals surface area contributed by atoms with Crippen molar-refractivity contribution in [1.29, 1.82) is 0 Å². The number of esters is 1. The highest BCUT2D eigenvalue weighted by atomic mass is 32.2. The van der Waals surface area contributed by atoms with Crippen molar-refractivity contribution in [3.05, 3.63) is 47.5 Å². The Kier molecular flexibility index (Phi) is 6.07. The molecule has 32 heavy (non-hydrogen) atoms. The van der Waals surface area contributed by atoms with E-state index in [1.54, 1.807) is 25.8 Å². The highest BCUT2D eigenvalue weighted by molar-refractivity contribution is 8.03. The van der Waals surface area contributed by atoms with Gasteiger partial charge in [-0.15, -0.1) is 0 Å². The van der Waals surface area contributed by atoms with Crippen molar-refractivity contribution >= 4 is 23.6 Å². The number of carbonyl (C=O) groups excluding carboxylic acids is 2. The minimum Gasteiger partial charge on any atom is -0.497 e. The molecule has 2 aliphatic heterocycles. The monoisotopic (exact) mass is 456 g/mol. The molecular weight excluding hydrogens is 432 g/mol. The van der Waals surface area contributed by atoms with E-state index in [9.17, 15) is 14.7 Å². The Bertz CT molecular complexity index is 1090. The van der Waals surface area contributed by atoms with Gasteiger partial charge >= 0.3 is 5.97 Å². The summed E-state index contributed by atoms with van der Waals surface area (Å²) in [4.78, 5) is 32.1. The maximum absolute atomic E-state index is 12.7. The molecule has 0 unspecified atom stereocenters. The topological polar surface area (TPSA) is 107 Å². The number of methoxy groups -OCH3 is 1. The molecule has 0 spiro atoms. The average molecular weight is 457 g/mol. The molecule has 1 fully saturated rings. The number of amides is 1. The number of hydrogen-bond acceptors (Lipinski definition) is 8. The van der Waals surface area contributed by atoms with E-state index >= 15 is 0 Å². The summed E-state index contributed by atoms with van der Waals surface area (Å²) in [5, 5.41) is 15.1. The number of carbonyl (C=O) groups is 2. The van der Waals surface area contributed by atoms with E-state index in [4.69, 9.17) is 9.47 Å². The molecule has 0 bridgehead atoms. The number of aromatic nitrogens is 3. The molecule has 0 aliphatic carbocycles. The fourth-order valence-electron chi connectivity index (χ4n) is 3.95. The molecule has 1 N–H and O–H groups in total. The zero-order chi connectivity index (χ0) is 23.0. The summed E-state index contributed by atoms with van der Waals surface area (Å²) in [6, 6.07) is 7.13. The Hall–Kier alpha value is -3.11. The molecule has 0 radical (unpaired) electrons. The Morgan fingerprint density at radius 2 is 2.12 bits per heavy atom. The van der Waals surface area contributed by atoms with E-state index in [-0.39, 0.29) is 24.3 Å². The van der Waals surface area contributed by atoms with Crippen LogP contribution in [0.5, 0.6) is 5.75 Å². The van der Waals surface area contributed by atoms with Crippen LogP contribution in [0.2, 0.25) is 0 Å². The predicted molar refractivity (Wildman–Crippen MR) is 117 cm³/mol. The van der Waals surface area contributed by atoms with Crippen LogP contribution in [0.4, 0.5) is 0 Å². The fourth-order valence-corrected chi connectivity index (χ4v) is 5.00. The third-order valence-electron chi connectivity index (χ3n) is 5.50. The number of rotatable bonds is 8. The van der Waals surface area contributed by atoms with E-state index in [1.807, 2.05) is 24.3 Å². The molecule has 1 amide bonds. The van der Waals surface area contributed by atoms with Crippen molar-refractivity contribution < 1.29 is 24.2 Å². The molecule has 3 heterocycles. The summed E-state index contributed by atoms with van der Waals surface area (Å²) < 4.78 is 12.0. The summed E-state index contributed by atoms with van der Waals surface area (Å²) >= 11 is 1.28. The van der Waals surface area contributed by atoms with Crippen LogP contribution >= 0.6 is 11.8 Å². The molecule has 1 aromatic heterocycles. The minimum atomic E-state index is -0.796. The van der Waals surface area contributed by atoms with Crippen LogP contribution in [0.15, 0.2) is 52.7 Å². The quantitative estimate of drug-likeness (QED) is 0.366. The van der Waals surface area contributed by atoms with Gasteiger partial charge in [0, 0.05) is 23.9 Å². The van der Waals surface area contributed by atoms with Gasteiger partial charge in [0.25, 0.3) is 0 Å². The molecule has 1 aromatic carbocycles. The first-order valence-electron chi connectivity index (χ1n) is 10.1. The molecule has 3 atom stereocenters. The first-order chi connectivity index (χ1) is 15.3. The SMILES string of the molecule is C=CCOC(=O)C1=C(Sc2nc(-c3ccc(OC)cc3)nn2C)C[C@@H]2[C@@H]([C@@H](C)O)C(=O)N12. The lowest BCUT2D eigenvalue weighted by Crippen LogP contribution is -2.61. The van der Waals surface area contributed by atoms with Gasteiger partial charge in [-0.05, 0) is 31.2 Å². The normalized spacial score (nSPS) is 20.6. The lowest BCUT2D eigenvalue weighted by molar-refractivity contribution is -0.162. The van der Waals surface area contributed by atoms with Gasteiger partial charge < -0.3 is 19.5 Å². The third kappa shape index (κ3) is 3.80. The second-order valence-corrected chi connectivity index (χ2v) is 8.64. The molecule has 10 heteroatoms. The number of aryl methyl sites for hydroxylation is 1. The van der Waals surface area contributed by atoms with Crippen molar-refractivity contribution in [2.24, 2.45) is 13.0 Å². The summed E-state index contributed by atoms with van der Waals surface area (Å²) in [6.07, 6.45) is 1.11. The fraction of sp³-hybridized carbons (Fsp3) is 0.364. The highest BCUT2D eigenvalue weighted by Gasteiger charge is 2.57. The number of thioether (sulfide) groups is 1. The Balaban J connectivity index is 1.63. The molecule has 2 aliphatic rings. The summed E-state index contributed by atoms with van der Waals surface area (Å²) in [7, 11) is 3.37. The largest absolute Gasteiger partial charge is 0.497 e. The van der Waals surface area contributed by atoms with Crippen molar-refractivity contribution in [2.75, 3.05) is 13.7 Å². The van der Waals surface area contributed by atoms with Crippen molar-refractivity contribution in [2.45, 2.75) is 30.6 Å². The van der Waals surface area contributed by atoms with E-state index < -0.39 is 18.0 Å². The molecule has 4 rings (SSSR count). The predicted octanol–water partition coefficient (Wildman–Crippen LogP) is 2.14. The van der Waals surface area contributed by atoms with Gasteiger partial charge in [0.1, 0.15) is 18.1 Å². The second kappa shape index (κ2) is 8.79. The van der Waals surface area contributed by atoms with Gasteiger partial charge in [-0.25, -0.2) is 14.5 Å². The van der Waals surface area contributed by atoms with Crippen LogP contribution in [0.25, 0.3) is 11.4 Å². The Morgan fingerprint density at radius 1 is 1.41 bits per heavy atom. The van der Waals surface area contributed by atoms with Crippen molar-refractivity contribution in [3.8, 4) is 17.1 Å². The number of ether oxygens (including phenoxy) is 2. The lowest BCUT2D eigenvalue weighted by Gasteiger charge is -2.44. The minimum absolute atomic E-state index is 0.0401. The maximum atomic E-state index is 12.7. The first kappa shape index (κ1) is 22.1. The smallest absolute Gasteiger partial charge is 0.356 e. The lowest BCUT2D eigenvalue weighted by atomic mass is 9.83. The zero-order valence-electron chi connectivity index (χ0n) is 18.0. The first-order valence-corrected chi connectivity index (χ1v) is 10.9. The summed E-state index contributed by atoms with van der Waals surface area (Å²) in [5.41, 5.74) is 1.03. The Morgan fingerprint density at radius 3 is 2.75 bits per heavy atom. The van der Waals surface area contributed by atoms with Crippen LogP contribution in [0.3, 0.4) is 0 Å². The van der Waals surface area contributed by atoms with Gasteiger partial charge in [0.05, 0.1) is 25.2 Å². The number of aliphatic hydroxyl groups is 1. The number of benzene rings is 1. The van der Waals surface area contributed by atoms with Crippen LogP contribution in [-0.4, -0.2) is 62.5 Å². The molecule has 168 valence electrons. The number of hydrogen-bond donors (Lipinski definition) is 1. The number of β-lactam (4-membered cyclic amide) rings is 1. The molecule has 1 saturated heterocycles. The molecule has 0 saturated carbocycles. The standard InChI is InChI=1S/C22H24N4O5S/c1-5-10-31-21(29)18-16(11-15-17(12(2)27)20(28)26(15)18)32-22-23-19(24-25(22)3)13-6-8-14(30-4)9-7-13/h5-9,12,15,17,27H,1,10-11H2,2-4H3/t12-,15-,17-/m1/s1. The third-order valence-corrected chi connectivity index (χ3v) is 6.64. The maximum Gasteiger partial charge on any atom is 0.356 e. The van der Waals surface area contributed by atoms with Crippen molar-refractivity contribution in [1.82, 2.24) is 19.7 Å². The van der Waals surface area contributed by atoms with Gasteiger partial charge in [-0.3, -0.25) is 4.79 Å². The van der Waals surface area contributed by atoms with Crippen LogP contribution in [-0.2, 0) is 21.4 Å². The summed E-state index contributed by atoms with van der Waals surface area (Å²) in [5.74, 6) is -0.134. The van der Waals surface area contributed by atoms with Crippen LogP contribution in [0, 0.1) is 5.92 Å². The number of fused-ring (bicyclic) bond motifs is 1. The van der Waals surface area contributed by atoms with Crippen LogP contribution < -0.4 is 4.74 Å². The van der Waals surface area contributed by atoms with E-state index in [1.165, 1.54) is 22.7 Å². The van der Waals surface area contributed by atoms with Gasteiger partial charge in [-0.2, -0.15) is 5.10 Å². The second-order valence-electron chi connectivity index (χ2n) is 7.58. The molecular formula is C22H24N4O5S. The Labute approximate surface area is 189 Å². The van der Waals surface area contributed by atoms with Gasteiger partial charge in [-0.1, -0.05) is 24.4 Å². The summed E-state index contributed by atoms with van der Waals surface area (Å²) in [6.45, 7) is 5.18. The zero-order valence-corrected chi connectivity index (χ0v) is 18.8. The molecule has 9 nitrogen and oxygen atoms in total. The van der Waals surface area contributed by atoms with E-state index in [2.05, 4.69) is 16.7 Å². The van der Waals surface area contributed by atoms with Crippen LogP contribution in [0.1, 0.15) is 13.3 Å². The van der Waals surface area contributed by atoms with E-state index in [0.29, 0.717) is 22.3 Å². The number of nitrogens with zero attached hydrogens (tertiary/aromatic N) is 4. The highest BCUT2D eigenvalue weighted by Crippen LogP contribution is 2.48. The average Bonchev–Trinajstić information content (AvgIpc) is 3.30.